The molecule has 0 fully saturated rings. The monoisotopic (exact) mass is 278 g/mol. The summed E-state index contributed by atoms with van der Waals surface area (Å²) >= 11 is 0. The molecule has 0 saturated carbocycles. The Hall–Kier alpha value is -1.39. The number of hydrogen-bond acceptors (Lipinski definition) is 3. The summed E-state index contributed by atoms with van der Waals surface area (Å²) < 4.78 is 5.38. The molecule has 2 N–H and O–H groups in total. The molecule has 0 spiro atoms. The van der Waals surface area contributed by atoms with E-state index >= 15 is 0 Å². The second-order valence-electron chi connectivity index (χ2n) is 5.71. The van der Waals surface area contributed by atoms with Gasteiger partial charge < -0.3 is 15.4 Å². The van der Waals surface area contributed by atoms with Gasteiger partial charge in [0, 0.05) is 19.7 Å². The maximum absolute atomic E-state index is 11.8. The zero-order valence-electron chi connectivity index (χ0n) is 12.9. The van der Waals surface area contributed by atoms with Gasteiger partial charge >= 0.3 is 0 Å². The molecular weight excluding hydrogens is 252 g/mol. The van der Waals surface area contributed by atoms with Gasteiger partial charge in [0.1, 0.15) is 0 Å². The van der Waals surface area contributed by atoms with Crippen LogP contribution in [0.3, 0.4) is 0 Å². The maximum atomic E-state index is 11.8. The van der Waals surface area contributed by atoms with Crippen molar-refractivity contribution < 1.29 is 9.53 Å². The van der Waals surface area contributed by atoms with Crippen molar-refractivity contribution in [1.29, 1.82) is 0 Å². The third-order valence-corrected chi connectivity index (χ3v) is 3.29. The Morgan fingerprint density at radius 2 is 1.95 bits per heavy atom. The molecule has 0 aliphatic heterocycles. The van der Waals surface area contributed by atoms with Crippen molar-refractivity contribution in [2.24, 2.45) is 0 Å². The van der Waals surface area contributed by atoms with Crippen LogP contribution in [0.4, 0.5) is 0 Å². The van der Waals surface area contributed by atoms with E-state index in [1.54, 1.807) is 7.11 Å². The second-order valence-corrected chi connectivity index (χ2v) is 5.71. The lowest BCUT2D eigenvalue weighted by Crippen LogP contribution is -2.41. The molecule has 1 aromatic carbocycles. The summed E-state index contributed by atoms with van der Waals surface area (Å²) in [6.07, 6.45) is 0.857. The van der Waals surface area contributed by atoms with Crippen molar-refractivity contribution in [3.63, 3.8) is 0 Å². The van der Waals surface area contributed by atoms with Crippen LogP contribution < -0.4 is 10.6 Å². The number of ether oxygens (including phenoxy) is 1. The minimum absolute atomic E-state index is 0.0101. The first-order chi connectivity index (χ1) is 9.43. The Bertz CT molecular complexity index is 404. The van der Waals surface area contributed by atoms with E-state index in [0.717, 1.165) is 12.0 Å². The van der Waals surface area contributed by atoms with E-state index < -0.39 is 0 Å². The number of amides is 1. The predicted octanol–water partition coefficient (Wildman–Crippen LogP) is 2.10. The predicted molar refractivity (Wildman–Crippen MR) is 81.5 cm³/mol. The normalized spacial score (nSPS) is 13.0. The molecule has 0 bridgehead atoms. The average molecular weight is 278 g/mol. The van der Waals surface area contributed by atoms with E-state index in [2.05, 4.69) is 17.6 Å². The second kappa shape index (κ2) is 8.02. The Kier molecular flexibility index (Phi) is 6.68. The summed E-state index contributed by atoms with van der Waals surface area (Å²) in [6, 6.07) is 10.1. The Morgan fingerprint density at radius 3 is 2.55 bits per heavy atom. The summed E-state index contributed by atoms with van der Waals surface area (Å²) in [6.45, 7) is 7.04. The van der Waals surface area contributed by atoms with E-state index in [1.165, 1.54) is 0 Å². The van der Waals surface area contributed by atoms with Crippen molar-refractivity contribution in [3.8, 4) is 0 Å². The van der Waals surface area contributed by atoms with Gasteiger partial charge in [-0.25, -0.2) is 0 Å². The summed E-state index contributed by atoms with van der Waals surface area (Å²) in [5.41, 5.74) is 0.932. The number of rotatable bonds is 8. The van der Waals surface area contributed by atoms with Crippen molar-refractivity contribution in [2.75, 3.05) is 13.7 Å². The van der Waals surface area contributed by atoms with Crippen LogP contribution in [0, 0.1) is 0 Å². The molecule has 4 heteroatoms. The van der Waals surface area contributed by atoms with Gasteiger partial charge in [-0.3, -0.25) is 4.79 Å². The lowest BCUT2D eigenvalue weighted by molar-refractivity contribution is -0.120. The van der Waals surface area contributed by atoms with Crippen molar-refractivity contribution in [3.05, 3.63) is 35.9 Å². The van der Waals surface area contributed by atoms with Crippen LogP contribution in [-0.2, 0) is 16.1 Å². The lowest BCUT2D eigenvalue weighted by Gasteiger charge is -2.27. The van der Waals surface area contributed by atoms with Gasteiger partial charge in [-0.05, 0) is 32.8 Å². The van der Waals surface area contributed by atoms with Crippen LogP contribution in [0.2, 0.25) is 0 Å². The van der Waals surface area contributed by atoms with E-state index in [0.29, 0.717) is 13.1 Å². The zero-order chi connectivity index (χ0) is 15.0. The van der Waals surface area contributed by atoms with Crippen LogP contribution in [0.15, 0.2) is 30.3 Å². The molecule has 1 atom stereocenters. The molecule has 1 unspecified atom stereocenters. The highest BCUT2D eigenvalue weighted by Gasteiger charge is 2.20. The third-order valence-electron chi connectivity index (χ3n) is 3.29. The maximum Gasteiger partial charge on any atom is 0.234 e. The number of hydrogen-bond donors (Lipinski definition) is 2. The molecule has 0 aliphatic rings. The molecule has 0 aliphatic carbocycles. The first-order valence-corrected chi connectivity index (χ1v) is 7.02. The standard InChI is InChI=1S/C16H26N2O2/c1-13(10-16(2,3)20-4)17-12-15(19)18-11-14-8-6-5-7-9-14/h5-9,13,17H,10-12H2,1-4H3,(H,18,19). The minimum atomic E-state index is -0.174. The van der Waals surface area contributed by atoms with Gasteiger partial charge in [0.25, 0.3) is 0 Å². The van der Waals surface area contributed by atoms with E-state index in [-0.39, 0.29) is 17.6 Å². The number of carbonyl (C=O) groups excluding carboxylic acids is 1. The Balaban J connectivity index is 2.23. The first-order valence-electron chi connectivity index (χ1n) is 7.02. The molecule has 0 saturated heterocycles. The van der Waals surface area contributed by atoms with Gasteiger partial charge in [-0.1, -0.05) is 30.3 Å². The molecule has 4 nitrogen and oxygen atoms in total. The molecule has 1 amide bonds. The van der Waals surface area contributed by atoms with Gasteiger partial charge in [0.2, 0.25) is 5.91 Å². The van der Waals surface area contributed by atoms with Crippen LogP contribution in [0.25, 0.3) is 0 Å². The molecule has 1 aromatic rings. The highest BCUT2D eigenvalue weighted by atomic mass is 16.5. The minimum Gasteiger partial charge on any atom is -0.379 e. The summed E-state index contributed by atoms with van der Waals surface area (Å²) in [7, 11) is 1.71. The van der Waals surface area contributed by atoms with E-state index in [4.69, 9.17) is 4.74 Å². The number of nitrogens with one attached hydrogen (secondary N) is 2. The lowest BCUT2D eigenvalue weighted by atomic mass is 10.00. The highest BCUT2D eigenvalue weighted by Crippen LogP contribution is 2.14. The topological polar surface area (TPSA) is 50.4 Å². The first kappa shape index (κ1) is 16.7. The van der Waals surface area contributed by atoms with E-state index in [1.807, 2.05) is 44.2 Å². The SMILES string of the molecule is COC(C)(C)CC(C)NCC(=O)NCc1ccccc1. The van der Waals surface area contributed by atoms with Crippen LogP contribution in [0.5, 0.6) is 0 Å². The fourth-order valence-corrected chi connectivity index (χ4v) is 2.02. The Morgan fingerprint density at radius 1 is 1.30 bits per heavy atom. The van der Waals surface area contributed by atoms with Crippen LogP contribution in [-0.4, -0.2) is 31.2 Å². The van der Waals surface area contributed by atoms with E-state index in [9.17, 15) is 4.79 Å². The van der Waals surface area contributed by atoms with Gasteiger partial charge in [-0.15, -0.1) is 0 Å². The fourth-order valence-electron chi connectivity index (χ4n) is 2.02. The van der Waals surface area contributed by atoms with Crippen LogP contribution >= 0.6 is 0 Å². The summed E-state index contributed by atoms with van der Waals surface area (Å²) in [4.78, 5) is 11.8. The summed E-state index contributed by atoms with van der Waals surface area (Å²) in [5.74, 6) is 0.0101. The summed E-state index contributed by atoms with van der Waals surface area (Å²) in [5, 5.41) is 6.12. The van der Waals surface area contributed by atoms with Gasteiger partial charge in [0.05, 0.1) is 12.1 Å². The zero-order valence-corrected chi connectivity index (χ0v) is 12.9. The molecule has 0 aromatic heterocycles. The molecule has 1 rings (SSSR count). The molecular formula is C16H26N2O2. The largest absolute Gasteiger partial charge is 0.379 e. The number of carbonyl (C=O) groups is 1. The quantitative estimate of drug-likeness (QED) is 0.765. The van der Waals surface area contributed by atoms with Crippen molar-refractivity contribution in [1.82, 2.24) is 10.6 Å². The van der Waals surface area contributed by atoms with Gasteiger partial charge in [0.15, 0.2) is 0 Å². The van der Waals surface area contributed by atoms with Gasteiger partial charge in [-0.2, -0.15) is 0 Å². The number of methoxy groups -OCH3 is 1. The smallest absolute Gasteiger partial charge is 0.234 e. The van der Waals surface area contributed by atoms with Crippen LogP contribution in [0.1, 0.15) is 32.8 Å². The molecule has 112 valence electrons. The number of benzene rings is 1. The average Bonchev–Trinajstić information content (AvgIpc) is 2.43. The molecule has 0 heterocycles. The van der Waals surface area contributed by atoms with Crippen molar-refractivity contribution >= 4 is 5.91 Å². The third kappa shape index (κ3) is 6.68. The Labute approximate surface area is 121 Å². The molecule has 20 heavy (non-hydrogen) atoms. The van der Waals surface area contributed by atoms with Crippen molar-refractivity contribution in [2.45, 2.75) is 45.4 Å². The fraction of sp³-hybridized carbons (Fsp3) is 0.562. The highest BCUT2D eigenvalue weighted by molar-refractivity contribution is 5.77. The molecule has 0 radical (unpaired) electrons.